The molecular weight excluding hydrogens is 253 g/mol. The molecule has 0 heterocycles. The number of carbonyl (C=O) groups excluding carboxylic acids is 1. The summed E-state index contributed by atoms with van der Waals surface area (Å²) in [5, 5.41) is 0. The van der Waals surface area contributed by atoms with Gasteiger partial charge in [0.1, 0.15) is 5.82 Å². The van der Waals surface area contributed by atoms with Crippen LogP contribution >= 0.6 is 0 Å². The largest absolute Gasteiger partial charge is 0.294 e. The Labute approximate surface area is 108 Å². The molecule has 0 unspecified atom stereocenters. The van der Waals surface area contributed by atoms with Crippen molar-refractivity contribution < 1.29 is 18.0 Å². The van der Waals surface area contributed by atoms with Crippen molar-refractivity contribution in [1.29, 1.82) is 0 Å². The van der Waals surface area contributed by atoms with Crippen molar-refractivity contribution in [3.63, 3.8) is 0 Å². The molecule has 98 valence electrons. The van der Waals surface area contributed by atoms with E-state index in [1.807, 2.05) is 0 Å². The number of benzene rings is 2. The van der Waals surface area contributed by atoms with Gasteiger partial charge in [0.15, 0.2) is 17.4 Å². The summed E-state index contributed by atoms with van der Waals surface area (Å²) in [7, 11) is 0. The van der Waals surface area contributed by atoms with Gasteiger partial charge in [0.05, 0.1) is 5.56 Å². The molecule has 0 spiro atoms. The van der Waals surface area contributed by atoms with Gasteiger partial charge in [-0.15, -0.1) is 0 Å². The molecule has 2 aromatic carbocycles. The van der Waals surface area contributed by atoms with Crippen molar-refractivity contribution in [1.82, 2.24) is 0 Å². The third-order valence-electron chi connectivity index (χ3n) is 2.77. The minimum Gasteiger partial charge on any atom is -0.294 e. The van der Waals surface area contributed by atoms with E-state index in [-0.39, 0.29) is 12.0 Å². The van der Waals surface area contributed by atoms with Gasteiger partial charge in [0, 0.05) is 6.42 Å². The number of ketones is 1. The first kappa shape index (κ1) is 13.3. The van der Waals surface area contributed by atoms with E-state index < -0.39 is 23.2 Å². The number of aryl methyl sites for hydroxylation is 1. The molecule has 1 nitrogen and oxygen atoms in total. The first-order chi connectivity index (χ1) is 8.97. The topological polar surface area (TPSA) is 17.1 Å². The standard InChI is InChI=1S/C15H11F3O/c1-9-2-4-12(16)11(6-9)15(19)8-10-3-5-13(17)14(18)7-10/h2-7H,8H2,1H3. The lowest BCUT2D eigenvalue weighted by Crippen LogP contribution is -2.07. The van der Waals surface area contributed by atoms with Gasteiger partial charge in [-0.1, -0.05) is 17.7 Å². The molecular formula is C15H11F3O. The lowest BCUT2D eigenvalue weighted by molar-refractivity contribution is 0.0989. The number of carbonyl (C=O) groups is 1. The van der Waals surface area contributed by atoms with Gasteiger partial charge < -0.3 is 0 Å². The van der Waals surface area contributed by atoms with Crippen LogP contribution in [0.2, 0.25) is 0 Å². The van der Waals surface area contributed by atoms with Crippen molar-refractivity contribution in [2.24, 2.45) is 0 Å². The van der Waals surface area contributed by atoms with Crippen LogP contribution in [0, 0.1) is 24.4 Å². The Morgan fingerprint density at radius 3 is 2.32 bits per heavy atom. The SMILES string of the molecule is Cc1ccc(F)c(C(=O)Cc2ccc(F)c(F)c2)c1. The molecule has 0 aromatic heterocycles. The third kappa shape index (κ3) is 3.02. The monoisotopic (exact) mass is 264 g/mol. The quantitative estimate of drug-likeness (QED) is 0.770. The van der Waals surface area contributed by atoms with Gasteiger partial charge in [-0.05, 0) is 36.8 Å². The molecule has 0 atom stereocenters. The third-order valence-corrected chi connectivity index (χ3v) is 2.77. The highest BCUT2D eigenvalue weighted by Crippen LogP contribution is 2.15. The van der Waals surface area contributed by atoms with Gasteiger partial charge >= 0.3 is 0 Å². The van der Waals surface area contributed by atoms with E-state index in [2.05, 4.69) is 0 Å². The molecule has 4 heteroatoms. The van der Waals surface area contributed by atoms with Crippen LogP contribution in [0.25, 0.3) is 0 Å². The minimum absolute atomic E-state index is 0.0373. The smallest absolute Gasteiger partial charge is 0.170 e. The van der Waals surface area contributed by atoms with Crippen LogP contribution in [0.3, 0.4) is 0 Å². The second-order valence-corrected chi connectivity index (χ2v) is 4.33. The highest BCUT2D eigenvalue weighted by atomic mass is 19.2. The maximum atomic E-state index is 13.5. The number of hydrogen-bond acceptors (Lipinski definition) is 1. The summed E-state index contributed by atoms with van der Waals surface area (Å²) >= 11 is 0. The Balaban J connectivity index is 2.25. The average molecular weight is 264 g/mol. The van der Waals surface area contributed by atoms with Crippen LogP contribution in [-0.2, 0) is 6.42 Å². The lowest BCUT2D eigenvalue weighted by atomic mass is 10.0. The molecule has 0 N–H and O–H groups in total. The molecule has 2 aromatic rings. The molecule has 0 fully saturated rings. The second-order valence-electron chi connectivity index (χ2n) is 4.33. The Morgan fingerprint density at radius 1 is 0.947 bits per heavy atom. The highest BCUT2D eigenvalue weighted by Gasteiger charge is 2.13. The number of Topliss-reactive ketones (excluding diaryl/α,β-unsaturated/α-hetero) is 1. The zero-order valence-corrected chi connectivity index (χ0v) is 10.2. The zero-order chi connectivity index (χ0) is 14.0. The average Bonchev–Trinajstić information content (AvgIpc) is 2.36. The molecule has 0 saturated heterocycles. The summed E-state index contributed by atoms with van der Waals surface area (Å²) in [5.41, 5.74) is 1.03. The number of hydrogen-bond donors (Lipinski definition) is 0. The van der Waals surface area contributed by atoms with E-state index in [1.165, 1.54) is 18.2 Å². The Hall–Kier alpha value is -2.10. The Bertz CT molecular complexity index is 635. The maximum Gasteiger partial charge on any atom is 0.170 e. The van der Waals surface area contributed by atoms with Crippen molar-refractivity contribution in [2.45, 2.75) is 13.3 Å². The van der Waals surface area contributed by atoms with Gasteiger partial charge in [0.25, 0.3) is 0 Å². The van der Waals surface area contributed by atoms with Gasteiger partial charge in [-0.2, -0.15) is 0 Å². The summed E-state index contributed by atoms with van der Waals surface area (Å²) in [6.45, 7) is 1.74. The van der Waals surface area contributed by atoms with E-state index in [0.29, 0.717) is 5.56 Å². The Kier molecular flexibility index (Phi) is 3.69. The van der Waals surface area contributed by atoms with Crippen molar-refractivity contribution in [2.75, 3.05) is 0 Å². The summed E-state index contributed by atoms with van der Waals surface area (Å²) in [6.07, 6.45) is -0.169. The zero-order valence-electron chi connectivity index (χ0n) is 10.2. The fraction of sp³-hybridized carbons (Fsp3) is 0.133. The van der Waals surface area contributed by atoms with Gasteiger partial charge in [0.2, 0.25) is 0 Å². The van der Waals surface area contributed by atoms with Crippen LogP contribution in [0.15, 0.2) is 36.4 Å². The van der Waals surface area contributed by atoms with Crippen molar-refractivity contribution in [3.8, 4) is 0 Å². The van der Waals surface area contributed by atoms with Crippen LogP contribution in [0.5, 0.6) is 0 Å². The first-order valence-electron chi connectivity index (χ1n) is 5.70. The van der Waals surface area contributed by atoms with Crippen LogP contribution < -0.4 is 0 Å². The molecule has 2 rings (SSSR count). The number of halogens is 3. The maximum absolute atomic E-state index is 13.5. The van der Waals surface area contributed by atoms with Crippen molar-refractivity contribution in [3.05, 3.63) is 70.5 Å². The molecule has 0 bridgehead atoms. The highest BCUT2D eigenvalue weighted by molar-refractivity contribution is 5.97. The predicted octanol–water partition coefficient (Wildman–Crippen LogP) is 3.84. The molecule has 0 saturated carbocycles. The van der Waals surface area contributed by atoms with E-state index in [1.54, 1.807) is 13.0 Å². The summed E-state index contributed by atoms with van der Waals surface area (Å²) in [5.74, 6) is -3.07. The van der Waals surface area contributed by atoms with Crippen LogP contribution in [0.1, 0.15) is 21.5 Å². The molecule has 0 aliphatic heterocycles. The molecule has 0 radical (unpaired) electrons. The second kappa shape index (κ2) is 5.26. The number of rotatable bonds is 3. The summed E-state index contributed by atoms with van der Waals surface area (Å²) < 4.78 is 39.3. The predicted molar refractivity (Wildman–Crippen MR) is 65.5 cm³/mol. The fourth-order valence-electron chi connectivity index (χ4n) is 1.78. The lowest BCUT2D eigenvalue weighted by Gasteiger charge is -2.05. The first-order valence-corrected chi connectivity index (χ1v) is 5.70. The van der Waals surface area contributed by atoms with Gasteiger partial charge in [-0.3, -0.25) is 4.79 Å². The molecule has 0 amide bonds. The van der Waals surface area contributed by atoms with Crippen LogP contribution in [-0.4, -0.2) is 5.78 Å². The van der Waals surface area contributed by atoms with E-state index in [4.69, 9.17) is 0 Å². The minimum atomic E-state index is -1.02. The molecule has 0 aliphatic carbocycles. The van der Waals surface area contributed by atoms with Crippen LogP contribution in [0.4, 0.5) is 13.2 Å². The summed E-state index contributed by atoms with van der Waals surface area (Å²) in [4.78, 5) is 11.9. The molecule has 0 aliphatic rings. The fourth-order valence-corrected chi connectivity index (χ4v) is 1.78. The van der Waals surface area contributed by atoms with Crippen molar-refractivity contribution >= 4 is 5.78 Å². The summed E-state index contributed by atoms with van der Waals surface area (Å²) in [6, 6.07) is 7.42. The van der Waals surface area contributed by atoms with E-state index in [9.17, 15) is 18.0 Å². The normalized spacial score (nSPS) is 10.5. The van der Waals surface area contributed by atoms with E-state index in [0.717, 1.165) is 17.7 Å². The Morgan fingerprint density at radius 2 is 1.63 bits per heavy atom. The van der Waals surface area contributed by atoms with Gasteiger partial charge in [-0.25, -0.2) is 13.2 Å². The molecule has 19 heavy (non-hydrogen) atoms. The van der Waals surface area contributed by atoms with E-state index >= 15 is 0 Å².